The SMILES string of the molecule is CSCC[C@H](NC(=O)[C@@H](N)Cc1cnc[nH]1)C(=O)N[C@H](C(=O)N[C@@H](CC(=O)O)C(=O)O)C(C)C. The molecule has 34 heavy (non-hydrogen) atoms. The Balaban J connectivity index is 2.89. The van der Waals surface area contributed by atoms with Crippen LogP contribution in [-0.2, 0) is 30.4 Å². The number of imidazole rings is 1. The van der Waals surface area contributed by atoms with Gasteiger partial charge in [0.2, 0.25) is 17.7 Å². The smallest absolute Gasteiger partial charge is 0.326 e. The van der Waals surface area contributed by atoms with Crippen molar-refractivity contribution in [1.29, 1.82) is 0 Å². The van der Waals surface area contributed by atoms with Crippen molar-refractivity contribution in [2.24, 2.45) is 11.7 Å². The standard InChI is InChI=1S/C20H32N6O7S/c1-10(2)16(19(31)25-14(20(32)33)7-15(27)28)26-18(30)13(4-5-34-3)24-17(29)12(21)6-11-8-22-9-23-11/h8-10,12-14,16H,4-7,21H2,1-3H3,(H,22,23)(H,24,29)(H,25,31)(H,26,30)(H,27,28)(H,32,33)/t12-,13-,14-,16-/m0/s1. The minimum atomic E-state index is -1.66. The van der Waals surface area contributed by atoms with Crippen molar-refractivity contribution < 1.29 is 34.2 Å². The molecule has 4 atom stereocenters. The van der Waals surface area contributed by atoms with Gasteiger partial charge in [0, 0.05) is 18.3 Å². The zero-order valence-corrected chi connectivity index (χ0v) is 20.1. The monoisotopic (exact) mass is 500 g/mol. The number of aliphatic carboxylic acids is 2. The molecule has 1 aromatic rings. The molecule has 0 saturated heterocycles. The van der Waals surface area contributed by atoms with E-state index in [2.05, 4.69) is 25.9 Å². The summed E-state index contributed by atoms with van der Waals surface area (Å²) >= 11 is 1.46. The summed E-state index contributed by atoms with van der Waals surface area (Å²) in [6.45, 7) is 3.26. The predicted molar refractivity (Wildman–Crippen MR) is 124 cm³/mol. The van der Waals surface area contributed by atoms with Gasteiger partial charge < -0.3 is 36.9 Å². The van der Waals surface area contributed by atoms with Crippen molar-refractivity contribution >= 4 is 41.4 Å². The molecule has 0 saturated carbocycles. The van der Waals surface area contributed by atoms with Crippen LogP contribution in [0.3, 0.4) is 0 Å². The molecule has 8 N–H and O–H groups in total. The molecule has 0 aliphatic rings. The van der Waals surface area contributed by atoms with E-state index in [4.69, 9.17) is 15.9 Å². The van der Waals surface area contributed by atoms with Gasteiger partial charge in [-0.15, -0.1) is 0 Å². The summed E-state index contributed by atoms with van der Waals surface area (Å²) in [6.07, 6.45) is 4.45. The molecule has 0 aliphatic heterocycles. The number of carboxylic acids is 2. The summed E-state index contributed by atoms with van der Waals surface area (Å²) in [5, 5.41) is 25.3. The van der Waals surface area contributed by atoms with Crippen LogP contribution in [0.25, 0.3) is 0 Å². The Kier molecular flexibility index (Phi) is 12.1. The Bertz CT molecular complexity index is 848. The minimum absolute atomic E-state index is 0.180. The van der Waals surface area contributed by atoms with Crippen molar-refractivity contribution in [3.05, 3.63) is 18.2 Å². The summed E-state index contributed by atoms with van der Waals surface area (Å²) < 4.78 is 0. The van der Waals surface area contributed by atoms with Crippen molar-refractivity contribution in [2.75, 3.05) is 12.0 Å². The number of carbonyl (C=O) groups excluding carboxylic acids is 3. The molecule has 190 valence electrons. The number of hydrogen-bond donors (Lipinski definition) is 7. The fourth-order valence-corrected chi connectivity index (χ4v) is 3.41. The molecule has 1 heterocycles. The maximum Gasteiger partial charge on any atom is 0.326 e. The number of aromatic amines is 1. The highest BCUT2D eigenvalue weighted by Gasteiger charge is 2.32. The summed E-state index contributed by atoms with van der Waals surface area (Å²) in [7, 11) is 0. The maximum absolute atomic E-state index is 13.0. The van der Waals surface area contributed by atoms with Crippen LogP contribution in [0.1, 0.15) is 32.4 Å². The van der Waals surface area contributed by atoms with Gasteiger partial charge in [0.25, 0.3) is 0 Å². The Morgan fingerprint density at radius 3 is 2.21 bits per heavy atom. The average molecular weight is 501 g/mol. The lowest BCUT2D eigenvalue weighted by Gasteiger charge is -2.27. The maximum atomic E-state index is 13.0. The van der Waals surface area contributed by atoms with E-state index in [1.165, 1.54) is 24.3 Å². The number of rotatable bonds is 15. The number of aromatic nitrogens is 2. The third kappa shape index (κ3) is 9.79. The van der Waals surface area contributed by atoms with E-state index in [1.54, 1.807) is 13.8 Å². The third-order valence-electron chi connectivity index (χ3n) is 4.82. The Morgan fingerprint density at radius 2 is 1.71 bits per heavy atom. The van der Waals surface area contributed by atoms with Gasteiger partial charge in [-0.3, -0.25) is 19.2 Å². The first-order chi connectivity index (χ1) is 16.0. The molecule has 0 aromatic carbocycles. The predicted octanol–water partition coefficient (Wildman–Crippen LogP) is -1.30. The van der Waals surface area contributed by atoms with Gasteiger partial charge >= 0.3 is 11.9 Å². The van der Waals surface area contributed by atoms with Gasteiger partial charge in [0.1, 0.15) is 18.1 Å². The highest BCUT2D eigenvalue weighted by atomic mass is 32.2. The minimum Gasteiger partial charge on any atom is -0.481 e. The highest BCUT2D eigenvalue weighted by molar-refractivity contribution is 7.98. The Labute approximate surface area is 201 Å². The van der Waals surface area contributed by atoms with Crippen molar-refractivity contribution in [1.82, 2.24) is 25.9 Å². The molecule has 0 fully saturated rings. The lowest BCUT2D eigenvalue weighted by atomic mass is 10.0. The van der Waals surface area contributed by atoms with E-state index in [1.807, 2.05) is 6.26 Å². The van der Waals surface area contributed by atoms with Crippen LogP contribution in [-0.4, -0.2) is 86.0 Å². The lowest BCUT2D eigenvalue weighted by molar-refractivity contribution is -0.147. The summed E-state index contributed by atoms with van der Waals surface area (Å²) in [4.78, 5) is 67.0. The van der Waals surface area contributed by atoms with Crippen LogP contribution < -0.4 is 21.7 Å². The van der Waals surface area contributed by atoms with E-state index in [0.717, 1.165) is 0 Å². The number of nitrogens with two attached hydrogens (primary N) is 1. The molecule has 0 unspecified atom stereocenters. The number of carboxylic acid groups (broad SMARTS) is 2. The summed E-state index contributed by atoms with van der Waals surface area (Å²) in [6, 6.07) is -4.75. The Morgan fingerprint density at radius 1 is 1.06 bits per heavy atom. The second kappa shape index (κ2) is 14.2. The number of nitrogens with one attached hydrogen (secondary N) is 4. The van der Waals surface area contributed by atoms with Crippen LogP contribution >= 0.6 is 11.8 Å². The number of H-pyrrole nitrogens is 1. The quantitative estimate of drug-likeness (QED) is 0.151. The molecular formula is C20H32N6O7S. The molecule has 1 aromatic heterocycles. The zero-order chi connectivity index (χ0) is 25.8. The van der Waals surface area contributed by atoms with Gasteiger partial charge in [-0.2, -0.15) is 11.8 Å². The van der Waals surface area contributed by atoms with Gasteiger partial charge in [-0.25, -0.2) is 9.78 Å². The fraction of sp³-hybridized carbons (Fsp3) is 0.600. The lowest BCUT2D eigenvalue weighted by Crippen LogP contribution is -2.58. The van der Waals surface area contributed by atoms with E-state index < -0.39 is 66.2 Å². The fourth-order valence-electron chi connectivity index (χ4n) is 2.93. The topological polar surface area (TPSA) is 217 Å². The number of thioether (sulfide) groups is 1. The molecule has 3 amide bonds. The zero-order valence-electron chi connectivity index (χ0n) is 19.2. The molecule has 0 bridgehead atoms. The van der Waals surface area contributed by atoms with Crippen LogP contribution in [0.15, 0.2) is 12.5 Å². The van der Waals surface area contributed by atoms with E-state index in [0.29, 0.717) is 11.4 Å². The first kappa shape index (κ1) is 28.9. The van der Waals surface area contributed by atoms with Crippen LogP contribution in [0.5, 0.6) is 0 Å². The van der Waals surface area contributed by atoms with Crippen LogP contribution in [0.4, 0.5) is 0 Å². The molecule has 0 radical (unpaired) electrons. The number of amides is 3. The molecule has 14 heteroatoms. The second-order valence-corrected chi connectivity index (χ2v) is 8.94. The molecular weight excluding hydrogens is 468 g/mol. The summed E-state index contributed by atoms with van der Waals surface area (Å²) in [5.41, 5.74) is 6.59. The van der Waals surface area contributed by atoms with E-state index >= 15 is 0 Å². The number of hydrogen-bond acceptors (Lipinski definition) is 8. The van der Waals surface area contributed by atoms with Crippen LogP contribution in [0, 0.1) is 5.92 Å². The first-order valence-electron chi connectivity index (χ1n) is 10.5. The molecule has 0 aliphatic carbocycles. The van der Waals surface area contributed by atoms with E-state index in [-0.39, 0.29) is 12.8 Å². The second-order valence-electron chi connectivity index (χ2n) is 7.96. The largest absolute Gasteiger partial charge is 0.481 e. The molecule has 1 rings (SSSR count). The van der Waals surface area contributed by atoms with Crippen LogP contribution in [0.2, 0.25) is 0 Å². The van der Waals surface area contributed by atoms with Crippen molar-refractivity contribution in [2.45, 2.75) is 57.3 Å². The normalized spacial score (nSPS) is 14.5. The average Bonchev–Trinajstić information content (AvgIpc) is 3.26. The number of carbonyl (C=O) groups is 5. The van der Waals surface area contributed by atoms with Crippen molar-refractivity contribution in [3.63, 3.8) is 0 Å². The van der Waals surface area contributed by atoms with Gasteiger partial charge in [-0.05, 0) is 24.3 Å². The van der Waals surface area contributed by atoms with Crippen molar-refractivity contribution in [3.8, 4) is 0 Å². The third-order valence-corrected chi connectivity index (χ3v) is 5.46. The van der Waals surface area contributed by atoms with E-state index in [9.17, 15) is 24.0 Å². The Hall–Kier alpha value is -3.13. The highest BCUT2D eigenvalue weighted by Crippen LogP contribution is 2.08. The number of nitrogens with zero attached hydrogens (tertiary/aromatic N) is 1. The van der Waals surface area contributed by atoms with Gasteiger partial charge in [0.15, 0.2) is 0 Å². The first-order valence-corrected chi connectivity index (χ1v) is 11.9. The van der Waals surface area contributed by atoms with Gasteiger partial charge in [0.05, 0.1) is 18.8 Å². The molecule has 0 spiro atoms. The summed E-state index contributed by atoms with van der Waals surface area (Å²) in [5.74, 6) is -4.88. The van der Waals surface area contributed by atoms with Gasteiger partial charge in [-0.1, -0.05) is 13.8 Å². The molecule has 13 nitrogen and oxygen atoms in total.